The number of nitrogens with zero attached hydrogens (tertiary/aromatic N) is 1. The van der Waals surface area contributed by atoms with Crippen LogP contribution in [0.1, 0.15) is 38.7 Å². The molecule has 1 aromatic carbocycles. The lowest BCUT2D eigenvalue weighted by atomic mass is 9.80. The third-order valence-electron chi connectivity index (χ3n) is 5.87. The van der Waals surface area contributed by atoms with Crippen molar-refractivity contribution in [3.63, 3.8) is 0 Å². The molecule has 2 amide bonds. The molecule has 5 heteroatoms. The number of hydrogen-bond donors (Lipinski definition) is 1. The number of hydrogen-bond acceptors (Lipinski definition) is 3. The molecule has 0 radical (unpaired) electrons. The Hall–Kier alpha value is -2.14. The lowest BCUT2D eigenvalue weighted by Crippen LogP contribution is -2.43. The molecular weight excluding hydrogens is 356 g/mol. The Balaban J connectivity index is 1.74. The lowest BCUT2D eigenvalue weighted by molar-refractivity contribution is -0.135. The van der Waals surface area contributed by atoms with Gasteiger partial charge in [0.1, 0.15) is 0 Å². The van der Waals surface area contributed by atoms with Gasteiger partial charge in [0, 0.05) is 19.0 Å². The first-order valence-corrected chi connectivity index (χ1v) is 10.6. The van der Waals surface area contributed by atoms with Gasteiger partial charge < -0.3 is 10.6 Å². The summed E-state index contributed by atoms with van der Waals surface area (Å²) in [5.74, 6) is -0.0984. The molecular formula is C22H28N2O2S. The van der Waals surface area contributed by atoms with E-state index >= 15 is 0 Å². The van der Waals surface area contributed by atoms with Crippen molar-refractivity contribution in [1.82, 2.24) is 4.90 Å². The maximum Gasteiger partial charge on any atom is 0.225 e. The smallest absolute Gasteiger partial charge is 0.225 e. The second kappa shape index (κ2) is 8.26. The number of rotatable bonds is 7. The Morgan fingerprint density at radius 3 is 2.41 bits per heavy atom. The van der Waals surface area contributed by atoms with Crippen LogP contribution in [0.15, 0.2) is 41.1 Å². The molecule has 3 rings (SSSR count). The maximum absolute atomic E-state index is 12.7. The molecule has 4 nitrogen and oxygen atoms in total. The molecule has 0 aliphatic carbocycles. The van der Waals surface area contributed by atoms with Crippen LogP contribution in [0, 0.1) is 11.3 Å². The summed E-state index contributed by atoms with van der Waals surface area (Å²) in [6, 6.07) is 10.4. The standard InChI is InChI=1S/C22H28N2O2S/c1-3-17(4-2)20(25)24-11-10-22(15-24,21(23)26)13-16-5-7-18(8-6-16)19-9-12-27-14-19/h5-9,12,14,17H,3-4,10-11,13,15H2,1-2H3,(H2,23,26)/t22-/m0/s1. The largest absolute Gasteiger partial charge is 0.369 e. The van der Waals surface area contributed by atoms with E-state index in [0.29, 0.717) is 25.9 Å². The summed E-state index contributed by atoms with van der Waals surface area (Å²) in [7, 11) is 0. The Kier molecular flexibility index (Phi) is 6.00. The van der Waals surface area contributed by atoms with E-state index in [2.05, 4.69) is 41.1 Å². The van der Waals surface area contributed by atoms with Crippen LogP contribution in [-0.2, 0) is 16.0 Å². The van der Waals surface area contributed by atoms with Gasteiger partial charge in [-0.05, 0) is 59.2 Å². The van der Waals surface area contributed by atoms with E-state index in [1.807, 2.05) is 18.7 Å². The summed E-state index contributed by atoms with van der Waals surface area (Å²) in [6.45, 7) is 5.13. The Bertz CT molecular complexity index is 781. The second-order valence-corrected chi connectivity index (χ2v) is 8.33. The molecule has 1 saturated heterocycles. The van der Waals surface area contributed by atoms with E-state index in [1.54, 1.807) is 11.3 Å². The summed E-state index contributed by atoms with van der Waals surface area (Å²) in [5.41, 5.74) is 8.62. The average Bonchev–Trinajstić information content (AvgIpc) is 3.34. The zero-order valence-corrected chi connectivity index (χ0v) is 16.9. The fourth-order valence-electron chi connectivity index (χ4n) is 4.02. The van der Waals surface area contributed by atoms with Crippen molar-refractivity contribution in [3.05, 3.63) is 46.7 Å². The quantitative estimate of drug-likeness (QED) is 0.781. The molecule has 1 aromatic heterocycles. The molecule has 0 saturated carbocycles. The van der Waals surface area contributed by atoms with E-state index in [-0.39, 0.29) is 17.7 Å². The molecule has 1 aliphatic heterocycles. The van der Waals surface area contributed by atoms with Gasteiger partial charge in [-0.25, -0.2) is 0 Å². The summed E-state index contributed by atoms with van der Waals surface area (Å²) < 4.78 is 0. The molecule has 0 unspecified atom stereocenters. The number of thiophene rings is 1. The fraction of sp³-hybridized carbons (Fsp3) is 0.455. The molecule has 0 bridgehead atoms. The van der Waals surface area contributed by atoms with Crippen molar-refractivity contribution in [3.8, 4) is 11.1 Å². The van der Waals surface area contributed by atoms with Crippen LogP contribution in [0.4, 0.5) is 0 Å². The number of carbonyl (C=O) groups is 2. The van der Waals surface area contributed by atoms with Crippen molar-refractivity contribution in [2.24, 2.45) is 17.1 Å². The third-order valence-corrected chi connectivity index (χ3v) is 6.56. The fourth-order valence-corrected chi connectivity index (χ4v) is 4.69. The van der Waals surface area contributed by atoms with E-state index in [4.69, 9.17) is 5.73 Å². The highest BCUT2D eigenvalue weighted by Gasteiger charge is 2.45. The summed E-state index contributed by atoms with van der Waals surface area (Å²) in [5, 5.41) is 4.19. The molecule has 27 heavy (non-hydrogen) atoms. The molecule has 1 atom stereocenters. The number of likely N-dealkylation sites (tertiary alicyclic amines) is 1. The summed E-state index contributed by atoms with van der Waals surface area (Å²) in [6.07, 6.45) is 2.89. The van der Waals surface area contributed by atoms with Gasteiger partial charge in [0.25, 0.3) is 0 Å². The maximum atomic E-state index is 12.7. The van der Waals surface area contributed by atoms with E-state index in [9.17, 15) is 9.59 Å². The van der Waals surface area contributed by atoms with Crippen molar-refractivity contribution < 1.29 is 9.59 Å². The number of carbonyl (C=O) groups excluding carboxylic acids is 2. The van der Waals surface area contributed by atoms with Crippen molar-refractivity contribution in [2.45, 2.75) is 39.5 Å². The minimum Gasteiger partial charge on any atom is -0.369 e. The van der Waals surface area contributed by atoms with Crippen LogP contribution in [0.2, 0.25) is 0 Å². The zero-order valence-electron chi connectivity index (χ0n) is 16.1. The Morgan fingerprint density at radius 2 is 1.85 bits per heavy atom. The van der Waals surface area contributed by atoms with Gasteiger partial charge in [0.05, 0.1) is 5.41 Å². The second-order valence-electron chi connectivity index (χ2n) is 7.55. The van der Waals surface area contributed by atoms with E-state index < -0.39 is 5.41 Å². The zero-order chi connectivity index (χ0) is 19.4. The first-order valence-electron chi connectivity index (χ1n) is 9.69. The monoisotopic (exact) mass is 384 g/mol. The van der Waals surface area contributed by atoms with Gasteiger partial charge in [-0.2, -0.15) is 11.3 Å². The predicted molar refractivity (Wildman–Crippen MR) is 110 cm³/mol. The van der Waals surface area contributed by atoms with Crippen molar-refractivity contribution >= 4 is 23.2 Å². The van der Waals surface area contributed by atoms with Crippen LogP contribution in [-0.4, -0.2) is 29.8 Å². The minimum atomic E-state index is -0.661. The number of benzene rings is 1. The van der Waals surface area contributed by atoms with Crippen LogP contribution < -0.4 is 5.73 Å². The van der Waals surface area contributed by atoms with E-state index in [1.165, 1.54) is 11.1 Å². The molecule has 1 aliphatic rings. The number of amides is 2. The van der Waals surface area contributed by atoms with Gasteiger partial charge >= 0.3 is 0 Å². The third kappa shape index (κ3) is 4.08. The highest BCUT2D eigenvalue weighted by atomic mass is 32.1. The minimum absolute atomic E-state index is 0.0403. The van der Waals surface area contributed by atoms with Crippen molar-refractivity contribution in [1.29, 1.82) is 0 Å². The van der Waals surface area contributed by atoms with Gasteiger partial charge in [0.15, 0.2) is 0 Å². The highest BCUT2D eigenvalue weighted by Crippen LogP contribution is 2.36. The van der Waals surface area contributed by atoms with Crippen LogP contribution >= 0.6 is 11.3 Å². The Labute approximate surface area is 165 Å². The normalized spacial score (nSPS) is 19.6. The molecule has 2 aromatic rings. The predicted octanol–water partition coefficient (Wildman–Crippen LogP) is 4.10. The highest BCUT2D eigenvalue weighted by molar-refractivity contribution is 7.08. The lowest BCUT2D eigenvalue weighted by Gasteiger charge is -2.27. The first kappa shape index (κ1) is 19.6. The SMILES string of the molecule is CCC(CC)C(=O)N1CC[C@@](Cc2ccc(-c3ccsc3)cc2)(C(N)=O)C1. The Morgan fingerprint density at radius 1 is 1.15 bits per heavy atom. The van der Waals surface area contributed by atoms with Gasteiger partial charge in [0.2, 0.25) is 11.8 Å². The van der Waals surface area contributed by atoms with Crippen LogP contribution in [0.3, 0.4) is 0 Å². The molecule has 2 N–H and O–H groups in total. The molecule has 0 spiro atoms. The van der Waals surface area contributed by atoms with E-state index in [0.717, 1.165) is 18.4 Å². The molecule has 1 fully saturated rings. The number of nitrogens with two attached hydrogens (primary N) is 1. The first-order chi connectivity index (χ1) is 13.0. The van der Waals surface area contributed by atoms with Gasteiger partial charge in [-0.15, -0.1) is 0 Å². The van der Waals surface area contributed by atoms with Crippen LogP contribution in [0.25, 0.3) is 11.1 Å². The van der Waals surface area contributed by atoms with Gasteiger partial charge in [-0.1, -0.05) is 38.1 Å². The topological polar surface area (TPSA) is 63.4 Å². The summed E-state index contributed by atoms with van der Waals surface area (Å²) >= 11 is 1.68. The average molecular weight is 385 g/mol. The summed E-state index contributed by atoms with van der Waals surface area (Å²) in [4.78, 5) is 26.9. The molecule has 144 valence electrons. The number of primary amides is 1. The van der Waals surface area contributed by atoms with Crippen LogP contribution in [0.5, 0.6) is 0 Å². The van der Waals surface area contributed by atoms with Gasteiger partial charge in [-0.3, -0.25) is 9.59 Å². The molecule has 2 heterocycles. The van der Waals surface area contributed by atoms with Crippen molar-refractivity contribution in [2.75, 3.05) is 13.1 Å².